The smallest absolute Gasteiger partial charge is 0.227 e. The number of hydrogen-bond donors (Lipinski definition) is 0. The van der Waals surface area contributed by atoms with Crippen molar-refractivity contribution < 1.29 is 13.2 Å². The Kier molecular flexibility index (Phi) is 4.84. The Morgan fingerprint density at radius 3 is 2.42 bits per heavy atom. The van der Waals surface area contributed by atoms with Gasteiger partial charge in [-0.05, 0) is 39.0 Å². The Labute approximate surface area is 116 Å². The number of rotatable bonds is 3. The van der Waals surface area contributed by atoms with Gasteiger partial charge in [0.15, 0.2) is 0 Å². The first-order chi connectivity index (χ1) is 9.04. The summed E-state index contributed by atoms with van der Waals surface area (Å²) < 4.78 is 25.3. The van der Waals surface area contributed by atoms with Crippen molar-refractivity contribution >= 4 is 15.9 Å². The largest absolute Gasteiger partial charge is 0.342 e. The first-order valence-electron chi connectivity index (χ1n) is 7.31. The van der Waals surface area contributed by atoms with Crippen LogP contribution in [0.1, 0.15) is 39.0 Å². The summed E-state index contributed by atoms with van der Waals surface area (Å²) in [6, 6.07) is 0. The molecule has 1 atom stereocenters. The van der Waals surface area contributed by atoms with Crippen LogP contribution in [0.4, 0.5) is 0 Å². The molecule has 2 fully saturated rings. The second-order valence-corrected chi connectivity index (χ2v) is 7.74. The van der Waals surface area contributed by atoms with Crippen LogP contribution in [0.2, 0.25) is 0 Å². The molecule has 0 saturated carbocycles. The van der Waals surface area contributed by atoms with Crippen LogP contribution in [-0.2, 0) is 14.8 Å². The van der Waals surface area contributed by atoms with Crippen molar-refractivity contribution in [2.45, 2.75) is 39.0 Å². The second-order valence-electron chi connectivity index (χ2n) is 5.48. The maximum atomic E-state index is 12.4. The fourth-order valence-corrected chi connectivity index (χ4v) is 4.13. The molecule has 0 aliphatic carbocycles. The highest BCUT2D eigenvalue weighted by Gasteiger charge is 2.33. The van der Waals surface area contributed by atoms with E-state index in [1.165, 1.54) is 10.7 Å². The fraction of sp³-hybridized carbons (Fsp3) is 0.923. The Morgan fingerprint density at radius 2 is 1.79 bits per heavy atom. The zero-order chi connectivity index (χ0) is 13.9. The van der Waals surface area contributed by atoms with Gasteiger partial charge in [-0.2, -0.15) is 0 Å². The molecule has 0 unspecified atom stereocenters. The number of piperidine rings is 2. The first kappa shape index (κ1) is 14.8. The van der Waals surface area contributed by atoms with Gasteiger partial charge in [0, 0.05) is 26.2 Å². The molecule has 2 aliphatic heterocycles. The standard InChI is InChI=1S/C13H24N2O3S/c1-2-19(17,18)15-10-6-7-12(11-15)13(16)14-8-4-3-5-9-14/h12H,2-11H2,1H3/t12-/m0/s1. The van der Waals surface area contributed by atoms with E-state index in [4.69, 9.17) is 0 Å². The molecule has 2 heterocycles. The Bertz CT molecular complexity index is 416. The average Bonchev–Trinajstić information content (AvgIpc) is 2.47. The molecule has 1 amide bonds. The molecule has 2 rings (SSSR count). The Morgan fingerprint density at radius 1 is 1.11 bits per heavy atom. The van der Waals surface area contributed by atoms with Crippen molar-refractivity contribution in [2.75, 3.05) is 31.9 Å². The van der Waals surface area contributed by atoms with Crippen molar-refractivity contribution in [1.82, 2.24) is 9.21 Å². The van der Waals surface area contributed by atoms with E-state index in [1.807, 2.05) is 4.90 Å². The monoisotopic (exact) mass is 288 g/mol. The highest BCUT2D eigenvalue weighted by Crippen LogP contribution is 2.23. The fourth-order valence-electron chi connectivity index (χ4n) is 2.95. The van der Waals surface area contributed by atoms with Gasteiger partial charge in [0.2, 0.25) is 15.9 Å². The molecule has 0 radical (unpaired) electrons. The van der Waals surface area contributed by atoms with Gasteiger partial charge >= 0.3 is 0 Å². The first-order valence-corrected chi connectivity index (χ1v) is 8.92. The maximum absolute atomic E-state index is 12.4. The van der Waals surface area contributed by atoms with Crippen LogP contribution in [0.15, 0.2) is 0 Å². The predicted octanol–water partition coefficient (Wildman–Crippen LogP) is 1.06. The van der Waals surface area contributed by atoms with Gasteiger partial charge < -0.3 is 4.90 Å². The number of likely N-dealkylation sites (tertiary alicyclic amines) is 1. The average molecular weight is 288 g/mol. The summed E-state index contributed by atoms with van der Waals surface area (Å²) in [6.45, 7) is 4.29. The minimum Gasteiger partial charge on any atom is -0.342 e. The van der Waals surface area contributed by atoms with Crippen LogP contribution in [0, 0.1) is 5.92 Å². The Balaban J connectivity index is 1.98. The summed E-state index contributed by atoms with van der Waals surface area (Å²) >= 11 is 0. The summed E-state index contributed by atoms with van der Waals surface area (Å²) in [7, 11) is -3.16. The quantitative estimate of drug-likeness (QED) is 0.780. The minimum atomic E-state index is -3.16. The molecule has 19 heavy (non-hydrogen) atoms. The third-order valence-corrected chi connectivity index (χ3v) is 6.01. The van der Waals surface area contributed by atoms with Crippen molar-refractivity contribution in [3.63, 3.8) is 0 Å². The second kappa shape index (κ2) is 6.22. The molecule has 5 nitrogen and oxygen atoms in total. The summed E-state index contributed by atoms with van der Waals surface area (Å²) in [4.78, 5) is 14.3. The molecule has 0 bridgehead atoms. The molecule has 0 aromatic carbocycles. The van der Waals surface area contributed by atoms with Gasteiger partial charge in [-0.25, -0.2) is 12.7 Å². The molecule has 0 spiro atoms. The highest BCUT2D eigenvalue weighted by molar-refractivity contribution is 7.89. The van der Waals surface area contributed by atoms with Crippen molar-refractivity contribution in [1.29, 1.82) is 0 Å². The van der Waals surface area contributed by atoms with E-state index >= 15 is 0 Å². The van der Waals surface area contributed by atoms with Crippen molar-refractivity contribution in [3.05, 3.63) is 0 Å². The van der Waals surface area contributed by atoms with E-state index in [1.54, 1.807) is 6.92 Å². The van der Waals surface area contributed by atoms with Crippen molar-refractivity contribution in [2.24, 2.45) is 5.92 Å². The van der Waals surface area contributed by atoms with Crippen LogP contribution in [0.5, 0.6) is 0 Å². The lowest BCUT2D eigenvalue weighted by molar-refractivity contribution is -0.137. The summed E-state index contributed by atoms with van der Waals surface area (Å²) in [6.07, 6.45) is 4.98. The van der Waals surface area contributed by atoms with Gasteiger partial charge in [0.1, 0.15) is 0 Å². The number of nitrogens with zero attached hydrogens (tertiary/aromatic N) is 2. The van der Waals surface area contributed by atoms with Gasteiger partial charge in [-0.3, -0.25) is 4.79 Å². The van der Waals surface area contributed by atoms with E-state index in [0.717, 1.165) is 38.8 Å². The van der Waals surface area contributed by atoms with Gasteiger partial charge in [0.25, 0.3) is 0 Å². The molecule has 110 valence electrons. The normalized spacial score (nSPS) is 26.4. The zero-order valence-corrected chi connectivity index (χ0v) is 12.5. The van der Waals surface area contributed by atoms with E-state index in [2.05, 4.69) is 0 Å². The number of carbonyl (C=O) groups is 1. The highest BCUT2D eigenvalue weighted by atomic mass is 32.2. The zero-order valence-electron chi connectivity index (χ0n) is 11.7. The number of hydrogen-bond acceptors (Lipinski definition) is 3. The minimum absolute atomic E-state index is 0.123. The summed E-state index contributed by atoms with van der Waals surface area (Å²) in [5, 5.41) is 0. The predicted molar refractivity (Wildman–Crippen MR) is 74.2 cm³/mol. The lowest BCUT2D eigenvalue weighted by atomic mass is 9.97. The molecule has 2 saturated heterocycles. The number of amides is 1. The molecular weight excluding hydrogens is 264 g/mol. The maximum Gasteiger partial charge on any atom is 0.227 e. The lowest BCUT2D eigenvalue weighted by Crippen LogP contribution is -2.48. The van der Waals surface area contributed by atoms with Crippen LogP contribution in [0.25, 0.3) is 0 Å². The third kappa shape index (κ3) is 3.48. The molecule has 2 aliphatic rings. The van der Waals surface area contributed by atoms with Crippen molar-refractivity contribution in [3.8, 4) is 0 Å². The summed E-state index contributed by atoms with van der Waals surface area (Å²) in [5.41, 5.74) is 0. The van der Waals surface area contributed by atoms with Gasteiger partial charge in [-0.1, -0.05) is 0 Å². The van der Waals surface area contributed by atoms with Crippen LogP contribution in [0.3, 0.4) is 0 Å². The van der Waals surface area contributed by atoms with E-state index in [-0.39, 0.29) is 17.6 Å². The SMILES string of the molecule is CCS(=O)(=O)N1CCC[C@H](C(=O)N2CCCCC2)C1. The van der Waals surface area contributed by atoms with E-state index in [0.29, 0.717) is 13.1 Å². The molecule has 6 heteroatoms. The van der Waals surface area contributed by atoms with E-state index in [9.17, 15) is 13.2 Å². The molecule has 0 aromatic rings. The molecule has 0 N–H and O–H groups in total. The topological polar surface area (TPSA) is 57.7 Å². The molecule has 0 aromatic heterocycles. The molecular formula is C13H24N2O3S. The number of carbonyl (C=O) groups excluding carboxylic acids is 1. The van der Waals surface area contributed by atoms with E-state index < -0.39 is 10.0 Å². The van der Waals surface area contributed by atoms with Crippen LogP contribution < -0.4 is 0 Å². The van der Waals surface area contributed by atoms with Gasteiger partial charge in [-0.15, -0.1) is 0 Å². The lowest BCUT2D eigenvalue weighted by Gasteiger charge is -2.35. The van der Waals surface area contributed by atoms with Gasteiger partial charge in [0.05, 0.1) is 11.7 Å². The van der Waals surface area contributed by atoms with Crippen LogP contribution >= 0.6 is 0 Å². The van der Waals surface area contributed by atoms with Crippen LogP contribution in [-0.4, -0.2) is 55.5 Å². The number of sulfonamides is 1. The third-order valence-electron chi connectivity index (χ3n) is 4.16. The Hall–Kier alpha value is -0.620. The summed E-state index contributed by atoms with van der Waals surface area (Å²) in [5.74, 6) is 0.154.